The summed E-state index contributed by atoms with van der Waals surface area (Å²) < 4.78 is 25.0. The average Bonchev–Trinajstić information content (AvgIpc) is 2.92. The van der Waals surface area contributed by atoms with Crippen LogP contribution in [0.5, 0.6) is 0 Å². The summed E-state index contributed by atoms with van der Waals surface area (Å²) in [5, 5.41) is 1.05. The number of esters is 1. The Morgan fingerprint density at radius 3 is 2.35 bits per heavy atom. The summed E-state index contributed by atoms with van der Waals surface area (Å²) in [5.74, 6) is -0.173. The van der Waals surface area contributed by atoms with Crippen molar-refractivity contribution < 1.29 is 18.5 Å². The lowest BCUT2D eigenvalue weighted by Crippen LogP contribution is -2.45. The number of unbranched alkanes of at least 4 members (excludes halogenated alkanes) is 5. The fourth-order valence-electron chi connectivity index (χ4n) is 5.40. The summed E-state index contributed by atoms with van der Waals surface area (Å²) in [7, 11) is -0.0265. The third-order valence-corrected chi connectivity index (χ3v) is 9.76. The number of hydrogen-bond donors (Lipinski definition) is 0. The third kappa shape index (κ3) is 8.18. The lowest BCUT2D eigenvalue weighted by atomic mass is 9.69. The number of hydrogen-bond acceptors (Lipinski definition) is 5. The summed E-state index contributed by atoms with van der Waals surface area (Å²) in [6.45, 7) is 13.6. The molecule has 2 aromatic carbocycles. The van der Waals surface area contributed by atoms with Crippen LogP contribution in [0.25, 0.3) is 10.9 Å². The van der Waals surface area contributed by atoms with Crippen LogP contribution < -0.4 is 0 Å². The zero-order chi connectivity index (χ0) is 29.3. The molecule has 0 spiro atoms. The highest BCUT2D eigenvalue weighted by atomic mass is 32.2. The zero-order valence-electron chi connectivity index (χ0n) is 25.4. The molecule has 2 unspecified atom stereocenters. The van der Waals surface area contributed by atoms with E-state index in [1.807, 2.05) is 12.1 Å². The van der Waals surface area contributed by atoms with Crippen LogP contribution in [-0.4, -0.2) is 31.7 Å². The Bertz CT molecular complexity index is 1260. The van der Waals surface area contributed by atoms with E-state index in [0.29, 0.717) is 10.5 Å². The van der Waals surface area contributed by atoms with E-state index in [4.69, 9.17) is 14.1 Å². The summed E-state index contributed by atoms with van der Waals surface area (Å²) in [6, 6.07) is 17.3. The van der Waals surface area contributed by atoms with Crippen molar-refractivity contribution in [2.24, 2.45) is 5.41 Å². The van der Waals surface area contributed by atoms with Gasteiger partial charge in [-0.3, -0.25) is 0 Å². The predicted molar refractivity (Wildman–Crippen MR) is 169 cm³/mol. The molecule has 0 aliphatic heterocycles. The van der Waals surface area contributed by atoms with Gasteiger partial charge in [-0.2, -0.15) is 0 Å². The fourth-order valence-corrected chi connectivity index (χ4v) is 7.90. The maximum atomic E-state index is 13.2. The Labute approximate surface area is 246 Å². The van der Waals surface area contributed by atoms with Gasteiger partial charge in [0.2, 0.25) is 0 Å². The topological polar surface area (TPSA) is 71.5 Å². The van der Waals surface area contributed by atoms with Crippen molar-refractivity contribution in [3.63, 3.8) is 0 Å². The molecule has 5 nitrogen and oxygen atoms in total. The molecule has 1 heterocycles. The van der Waals surface area contributed by atoms with E-state index in [2.05, 4.69) is 59.0 Å². The van der Waals surface area contributed by atoms with Crippen molar-refractivity contribution in [2.45, 2.75) is 102 Å². The van der Waals surface area contributed by atoms with Crippen molar-refractivity contribution in [3.8, 4) is 0 Å². The van der Waals surface area contributed by atoms with E-state index in [0.717, 1.165) is 29.4 Å². The number of rotatable bonds is 14. The first-order valence-corrected chi connectivity index (χ1v) is 18.8. The average molecular weight is 582 g/mol. The molecule has 0 radical (unpaired) electrons. The number of fused-ring (bicyclic) bond motifs is 1. The number of carbonyl (C=O) groups is 1. The smallest absolute Gasteiger partial charge is 0.338 e. The molecule has 3 aromatic rings. The molecule has 2 atom stereocenters. The Hall–Kier alpha value is -2.19. The van der Waals surface area contributed by atoms with E-state index in [-0.39, 0.29) is 16.8 Å². The molecule has 0 saturated heterocycles. The highest BCUT2D eigenvalue weighted by molar-refractivity contribution is 7.90. The van der Waals surface area contributed by atoms with Crippen LogP contribution in [0.4, 0.5) is 0 Å². The Morgan fingerprint density at radius 1 is 0.975 bits per heavy atom. The summed E-state index contributed by atoms with van der Waals surface area (Å²) >= 11 is -1.35. The van der Waals surface area contributed by atoms with E-state index in [1.54, 1.807) is 24.3 Å². The minimum absolute atomic E-state index is 0.0921. The van der Waals surface area contributed by atoms with Crippen molar-refractivity contribution >= 4 is 37.1 Å². The summed E-state index contributed by atoms with van der Waals surface area (Å²) in [5.41, 5.74) is 2.73. The monoisotopic (exact) mass is 581 g/mol. The first-order chi connectivity index (χ1) is 19.0. The second-order valence-corrected chi connectivity index (χ2v) is 15.8. The van der Waals surface area contributed by atoms with Gasteiger partial charge in [-0.1, -0.05) is 90.5 Å². The molecule has 0 amide bonds. The molecule has 3 rings (SSSR count). The molecular formula is C33H47NO4SSi. The van der Waals surface area contributed by atoms with Crippen molar-refractivity contribution in [1.82, 2.24) is 4.98 Å². The number of ether oxygens (including phenoxy) is 1. The largest absolute Gasteiger partial charge is 0.611 e. The highest BCUT2D eigenvalue weighted by Gasteiger charge is 2.44. The van der Waals surface area contributed by atoms with Gasteiger partial charge in [-0.05, 0) is 65.9 Å². The fraction of sp³-hybridized carbons (Fsp3) is 0.515. The number of aromatic nitrogens is 1. The van der Waals surface area contributed by atoms with Crippen LogP contribution in [0.3, 0.4) is 0 Å². The van der Waals surface area contributed by atoms with Crippen molar-refractivity contribution in [1.29, 1.82) is 0 Å². The van der Waals surface area contributed by atoms with Gasteiger partial charge >= 0.3 is 5.97 Å². The number of pyridine rings is 1. The quantitative estimate of drug-likeness (QED) is 0.0828. The van der Waals surface area contributed by atoms with Gasteiger partial charge in [0.25, 0.3) is 0 Å². The number of benzene rings is 2. The van der Waals surface area contributed by atoms with Crippen molar-refractivity contribution in [3.05, 3.63) is 71.4 Å². The Balaban J connectivity index is 1.91. The lowest BCUT2D eigenvalue weighted by Gasteiger charge is -2.47. The molecule has 40 heavy (non-hydrogen) atoms. The minimum atomic E-state index is -1.37. The molecule has 0 saturated carbocycles. The maximum absolute atomic E-state index is 13.2. The zero-order valence-corrected chi connectivity index (χ0v) is 27.4. The Kier molecular flexibility index (Phi) is 11.8. The first-order valence-electron chi connectivity index (χ1n) is 14.7. The van der Waals surface area contributed by atoms with Crippen LogP contribution in [0.1, 0.15) is 94.3 Å². The first kappa shape index (κ1) is 32.3. The van der Waals surface area contributed by atoms with Crippen LogP contribution in [0.15, 0.2) is 59.5 Å². The van der Waals surface area contributed by atoms with Gasteiger partial charge in [-0.25, -0.2) is 9.78 Å². The number of nitrogens with zero attached hydrogens (tertiary/aromatic N) is 1. The van der Waals surface area contributed by atoms with E-state index in [1.165, 1.54) is 44.8 Å². The molecule has 218 valence electrons. The maximum Gasteiger partial charge on any atom is 0.338 e. The predicted octanol–water partition coefficient (Wildman–Crippen LogP) is 8.32. The number of carbonyl (C=O) groups excluding carboxylic acids is 1. The van der Waals surface area contributed by atoms with Gasteiger partial charge in [0.05, 0.1) is 29.5 Å². The normalized spacial score (nSPS) is 14.3. The summed E-state index contributed by atoms with van der Waals surface area (Å²) in [4.78, 5) is 17.5. The molecule has 0 fully saturated rings. The minimum Gasteiger partial charge on any atom is -0.611 e. The Morgan fingerprint density at radius 2 is 1.68 bits per heavy atom. The van der Waals surface area contributed by atoms with Crippen LogP contribution in [-0.2, 0) is 31.7 Å². The second kappa shape index (κ2) is 14.6. The second-order valence-electron chi connectivity index (χ2n) is 12.0. The third-order valence-electron chi connectivity index (χ3n) is 7.54. The highest BCUT2D eigenvalue weighted by Crippen LogP contribution is 2.47. The molecule has 0 bridgehead atoms. The van der Waals surface area contributed by atoms with E-state index >= 15 is 0 Å². The van der Waals surface area contributed by atoms with Gasteiger partial charge in [0, 0.05) is 11.5 Å². The molecule has 1 aromatic heterocycles. The molecule has 7 heteroatoms. The van der Waals surface area contributed by atoms with E-state index < -0.39 is 26.2 Å². The van der Waals surface area contributed by atoms with Crippen molar-refractivity contribution in [2.75, 3.05) is 7.11 Å². The van der Waals surface area contributed by atoms with E-state index in [9.17, 15) is 9.35 Å². The van der Waals surface area contributed by atoms with Crippen LogP contribution >= 0.6 is 0 Å². The number of methoxy groups -OCH3 is 1. The van der Waals surface area contributed by atoms with Crippen LogP contribution in [0.2, 0.25) is 13.1 Å². The lowest BCUT2D eigenvalue weighted by molar-refractivity contribution is -0.0505. The SMILES string of the molecule is CCCCCCCCC(O[SiH](C)C)(c1ccc2ccc(C[S+]([O-])c3cccc(C(=O)OC)c3)nc2c1)C(C)(C)C. The van der Waals surface area contributed by atoms with Gasteiger partial charge < -0.3 is 13.7 Å². The summed E-state index contributed by atoms with van der Waals surface area (Å²) in [6.07, 6.45) is 8.48. The standard InChI is InChI=1S/C33H47NO4SSi/c1-8-9-10-11-12-13-21-33(32(2,3)4,38-40(6)7)27-19-17-25-18-20-28(34-30(25)23-27)24-39(36)29-16-14-15-26(22-29)31(35)37-5/h14-20,22-23,40H,8-13,21,24H2,1-7H3. The molecule has 0 aliphatic carbocycles. The molecule has 0 N–H and O–H groups in total. The van der Waals surface area contributed by atoms with Gasteiger partial charge in [-0.15, -0.1) is 0 Å². The molecule has 0 aliphatic rings. The van der Waals surface area contributed by atoms with Gasteiger partial charge in [0.1, 0.15) is 0 Å². The van der Waals surface area contributed by atoms with Crippen LogP contribution in [0, 0.1) is 5.41 Å². The molecular weight excluding hydrogens is 535 g/mol. The van der Waals surface area contributed by atoms with Gasteiger partial charge in [0.15, 0.2) is 19.7 Å².